The number of epoxide rings is 1. The third-order valence-electron chi connectivity index (χ3n) is 8.57. The van der Waals surface area contributed by atoms with Crippen molar-refractivity contribution >= 4 is 59.9 Å². The van der Waals surface area contributed by atoms with Gasteiger partial charge in [0, 0.05) is 80.4 Å². The van der Waals surface area contributed by atoms with Crippen molar-refractivity contribution < 1.29 is 23.5 Å². The number of rotatable bonds is 6. The van der Waals surface area contributed by atoms with Crippen LogP contribution >= 0.6 is 37.2 Å². The van der Waals surface area contributed by atoms with Crippen LogP contribution in [-0.2, 0) is 26.5 Å². The Kier molecular flexibility index (Phi) is 9.75. The first kappa shape index (κ1) is 31.5. The van der Waals surface area contributed by atoms with Crippen molar-refractivity contribution in [1.82, 2.24) is 15.2 Å². The van der Waals surface area contributed by atoms with Gasteiger partial charge in [-0.25, -0.2) is 4.39 Å². The summed E-state index contributed by atoms with van der Waals surface area (Å²) in [6.45, 7) is 8.37. The number of benzene rings is 2. The normalized spacial score (nSPS) is 26.7. The fourth-order valence-corrected chi connectivity index (χ4v) is 6.27. The number of ether oxygens (including phenoxy) is 2. The summed E-state index contributed by atoms with van der Waals surface area (Å²) >= 11 is 4.24. The summed E-state index contributed by atoms with van der Waals surface area (Å²) in [7, 11) is 0. The molecule has 2 amide bonds. The Morgan fingerprint density at radius 2 is 1.86 bits per heavy atom. The number of likely N-dealkylation sites (tertiary alicyclic amines) is 1. The van der Waals surface area contributed by atoms with Crippen molar-refractivity contribution in [3.05, 3.63) is 71.2 Å². The van der Waals surface area contributed by atoms with Crippen LogP contribution in [0.2, 0.25) is 0 Å². The summed E-state index contributed by atoms with van der Waals surface area (Å²) in [6.07, 6.45) is 5.64. The van der Waals surface area contributed by atoms with Crippen LogP contribution < -0.4 is 10.1 Å². The predicted molar refractivity (Wildman–Crippen MR) is 177 cm³/mol. The number of piperidine rings is 2. The highest BCUT2D eigenvalue weighted by Gasteiger charge is 2.70. The molecule has 3 unspecified atom stereocenters. The van der Waals surface area contributed by atoms with Gasteiger partial charge in [-0.15, -0.1) is 0 Å². The van der Waals surface area contributed by atoms with E-state index in [9.17, 15) is 9.59 Å². The van der Waals surface area contributed by atoms with Crippen LogP contribution in [0.4, 0.5) is 4.39 Å². The second-order valence-electron chi connectivity index (χ2n) is 11.3. The van der Waals surface area contributed by atoms with Crippen LogP contribution in [-0.4, -0.2) is 46.5 Å². The first-order chi connectivity index (χ1) is 20.3. The van der Waals surface area contributed by atoms with Crippen molar-refractivity contribution in [3.63, 3.8) is 0 Å². The van der Waals surface area contributed by atoms with Crippen LogP contribution in [0.15, 0.2) is 48.7 Å². The number of fused-ring (bicyclic) bond motifs is 2. The van der Waals surface area contributed by atoms with Crippen LogP contribution in [0.5, 0.6) is 5.75 Å². The largest absolute Gasteiger partial charge is 0.490 e. The summed E-state index contributed by atoms with van der Waals surface area (Å²) in [5.41, 5.74) is 1.77. The Morgan fingerprint density at radius 3 is 2.52 bits per heavy atom. The van der Waals surface area contributed by atoms with E-state index in [0.717, 1.165) is 31.7 Å². The highest BCUT2D eigenvalue weighted by Crippen LogP contribution is 2.61. The molecule has 0 bridgehead atoms. The fourth-order valence-electron chi connectivity index (χ4n) is 6.27. The van der Waals surface area contributed by atoms with Gasteiger partial charge in [-0.05, 0) is 68.0 Å². The van der Waals surface area contributed by atoms with Gasteiger partial charge in [0.1, 0.15) is 22.8 Å². The molecule has 3 saturated heterocycles. The standard InChI is InChI=1S/C30H30FN3O4.C2H6.I2/c1-29-17-34(16-18-2-4-20(5-3-18)37-21-6-7-21)13-12-30(29,38-29)24-9-10-25-23(27(24)31)14-19(15-32-25)22-8-11-26(35)33-28(22)36;2*1-2/h2-5,9-10,14-15,21-22H,6-8,11-13,16-17H2,1H3,(H,33,35,36);1-2H3;. The molecule has 0 spiro atoms. The molecule has 7 rings (SSSR count). The number of carbonyl (C=O) groups is 2. The van der Waals surface area contributed by atoms with E-state index in [1.807, 2.05) is 32.0 Å². The molecule has 10 heteroatoms. The van der Waals surface area contributed by atoms with Crippen LogP contribution in [0.25, 0.3) is 10.9 Å². The Balaban J connectivity index is 0.000000847. The van der Waals surface area contributed by atoms with Gasteiger partial charge in [0.15, 0.2) is 0 Å². The lowest BCUT2D eigenvalue weighted by atomic mass is 9.80. The van der Waals surface area contributed by atoms with Crippen molar-refractivity contribution in [1.29, 1.82) is 0 Å². The molecule has 1 saturated carbocycles. The molecule has 224 valence electrons. The molecule has 42 heavy (non-hydrogen) atoms. The summed E-state index contributed by atoms with van der Waals surface area (Å²) in [6, 6.07) is 13.7. The smallest absolute Gasteiger partial charge is 0.234 e. The van der Waals surface area contributed by atoms with Crippen molar-refractivity contribution in [2.24, 2.45) is 0 Å². The van der Waals surface area contributed by atoms with Gasteiger partial charge < -0.3 is 9.47 Å². The highest BCUT2D eigenvalue weighted by atomic mass is 128. The second kappa shape index (κ2) is 13.0. The first-order valence-electron chi connectivity index (χ1n) is 14.6. The lowest BCUT2D eigenvalue weighted by Gasteiger charge is -2.33. The van der Waals surface area contributed by atoms with Gasteiger partial charge in [0.25, 0.3) is 0 Å². The zero-order valence-corrected chi connectivity index (χ0v) is 28.4. The third kappa shape index (κ3) is 6.18. The van der Waals surface area contributed by atoms with E-state index < -0.39 is 17.1 Å². The van der Waals surface area contributed by atoms with Crippen molar-refractivity contribution in [2.45, 2.75) is 82.6 Å². The van der Waals surface area contributed by atoms with Crippen molar-refractivity contribution in [3.8, 4) is 5.75 Å². The van der Waals surface area contributed by atoms with Gasteiger partial charge in [-0.1, -0.05) is 32.0 Å². The Hall–Kier alpha value is -1.90. The van der Waals surface area contributed by atoms with Gasteiger partial charge >= 0.3 is 0 Å². The topological polar surface area (TPSA) is 84.1 Å². The Morgan fingerprint density at radius 1 is 1.12 bits per heavy atom. The number of pyridine rings is 1. The average Bonchev–Trinajstić information content (AvgIpc) is 3.92. The van der Waals surface area contributed by atoms with Crippen LogP contribution in [0, 0.1) is 5.82 Å². The van der Waals surface area contributed by atoms with Crippen molar-refractivity contribution in [2.75, 3.05) is 13.1 Å². The SMILES string of the molecule is CC.CC12CN(Cc3ccc(OC4CC4)cc3)CCC1(c1ccc3ncc(C4CCC(=O)NC4=O)cc3c1F)O2.II. The average molecular weight is 799 g/mol. The van der Waals surface area contributed by atoms with E-state index in [1.54, 1.807) is 18.3 Å². The lowest BCUT2D eigenvalue weighted by molar-refractivity contribution is -0.134. The minimum atomic E-state index is -0.672. The van der Waals surface area contributed by atoms with Gasteiger partial charge in [0.2, 0.25) is 11.8 Å². The van der Waals surface area contributed by atoms with E-state index >= 15 is 4.39 Å². The molecule has 3 aromatic rings. The van der Waals surface area contributed by atoms with E-state index in [2.05, 4.69) is 71.5 Å². The number of hydrogen-bond donors (Lipinski definition) is 1. The first-order valence-corrected chi connectivity index (χ1v) is 20.9. The number of nitrogens with one attached hydrogen (secondary N) is 1. The molecule has 2 aromatic carbocycles. The molecule has 1 aliphatic carbocycles. The van der Waals surface area contributed by atoms with Gasteiger partial charge in [0.05, 0.1) is 17.5 Å². The third-order valence-corrected chi connectivity index (χ3v) is 8.57. The molecule has 3 atom stereocenters. The summed E-state index contributed by atoms with van der Waals surface area (Å²) in [4.78, 5) is 30.7. The minimum absolute atomic E-state index is 0.265. The summed E-state index contributed by atoms with van der Waals surface area (Å²) in [5.74, 6) is -0.552. The molecule has 1 N–H and O–H groups in total. The zero-order chi connectivity index (χ0) is 30.1. The van der Waals surface area contributed by atoms with Crippen LogP contribution in [0.1, 0.15) is 75.5 Å². The number of imide groups is 1. The zero-order valence-electron chi connectivity index (χ0n) is 24.1. The molecular weight excluding hydrogens is 763 g/mol. The monoisotopic (exact) mass is 799 g/mol. The fraction of sp³-hybridized carbons (Fsp3) is 0.469. The molecule has 7 nitrogen and oxygen atoms in total. The number of carbonyl (C=O) groups excluding carboxylic acids is 2. The van der Waals surface area contributed by atoms with E-state index in [0.29, 0.717) is 47.5 Å². The number of aromatic nitrogens is 1. The number of amides is 2. The Bertz CT molecular complexity index is 1470. The van der Waals surface area contributed by atoms with Crippen LogP contribution in [0.3, 0.4) is 0 Å². The second-order valence-corrected chi connectivity index (χ2v) is 11.3. The highest BCUT2D eigenvalue weighted by molar-refractivity contribution is 15.0. The molecule has 4 fully saturated rings. The quantitative estimate of drug-likeness (QED) is 0.163. The maximum absolute atomic E-state index is 16.1. The van der Waals surface area contributed by atoms with E-state index in [4.69, 9.17) is 9.47 Å². The number of hydrogen-bond acceptors (Lipinski definition) is 6. The molecule has 0 radical (unpaired) electrons. The molecule has 1 aromatic heterocycles. The van der Waals surface area contributed by atoms with E-state index in [-0.39, 0.29) is 24.1 Å². The Labute approximate surface area is 269 Å². The molecule has 4 heterocycles. The number of nitrogens with zero attached hydrogens (tertiary/aromatic N) is 2. The lowest BCUT2D eigenvalue weighted by Crippen LogP contribution is -2.44. The maximum atomic E-state index is 16.1. The van der Waals surface area contributed by atoms with E-state index in [1.165, 1.54) is 5.56 Å². The number of halogens is 3. The van der Waals surface area contributed by atoms with Gasteiger partial charge in [-0.2, -0.15) is 0 Å². The molecule has 3 aliphatic heterocycles. The summed E-state index contributed by atoms with van der Waals surface area (Å²) in [5, 5.41) is 2.76. The van der Waals surface area contributed by atoms with Gasteiger partial charge in [-0.3, -0.25) is 24.8 Å². The maximum Gasteiger partial charge on any atom is 0.234 e. The predicted octanol–water partition coefficient (Wildman–Crippen LogP) is 7.12. The minimum Gasteiger partial charge on any atom is -0.490 e. The molecular formula is C32H36FI2N3O4. The molecule has 4 aliphatic rings. The summed E-state index contributed by atoms with van der Waals surface area (Å²) < 4.78 is 28.3.